The van der Waals surface area contributed by atoms with E-state index in [1.54, 1.807) is 0 Å². The zero-order valence-corrected chi connectivity index (χ0v) is 21.2. The van der Waals surface area contributed by atoms with Crippen molar-refractivity contribution in [2.75, 3.05) is 32.8 Å². The first-order valence-corrected chi connectivity index (χ1v) is 13.2. The van der Waals surface area contributed by atoms with Gasteiger partial charge in [-0.15, -0.1) is 5.10 Å². The van der Waals surface area contributed by atoms with Crippen LogP contribution in [0.15, 0.2) is 59.4 Å². The molecule has 1 N–H and O–H groups in total. The molecule has 2 fully saturated rings. The van der Waals surface area contributed by atoms with Crippen LogP contribution >= 0.6 is 0 Å². The molecule has 9 nitrogen and oxygen atoms in total. The Kier molecular flexibility index (Phi) is 6.82. The molecule has 2 aromatic carbocycles. The van der Waals surface area contributed by atoms with Crippen molar-refractivity contribution >= 4 is 10.9 Å². The highest BCUT2D eigenvalue weighted by molar-refractivity contribution is 5.82. The van der Waals surface area contributed by atoms with E-state index >= 15 is 0 Å². The molecule has 9 heteroatoms. The topological polar surface area (TPSA) is 92.2 Å². The fourth-order valence-corrected chi connectivity index (χ4v) is 5.64. The van der Waals surface area contributed by atoms with Crippen LogP contribution in [-0.2, 0) is 17.8 Å². The van der Waals surface area contributed by atoms with Crippen molar-refractivity contribution in [3.8, 4) is 0 Å². The summed E-state index contributed by atoms with van der Waals surface area (Å²) in [5.74, 6) is 0.699. The van der Waals surface area contributed by atoms with Gasteiger partial charge in [-0.25, -0.2) is 4.68 Å². The maximum atomic E-state index is 13.5. The molecule has 37 heavy (non-hydrogen) atoms. The van der Waals surface area contributed by atoms with Gasteiger partial charge in [0.15, 0.2) is 5.82 Å². The number of benzene rings is 2. The molecule has 2 aliphatic rings. The van der Waals surface area contributed by atoms with E-state index in [1.807, 2.05) is 35.9 Å². The number of rotatable bonds is 7. The monoisotopic (exact) mass is 499 g/mol. The number of para-hydroxylation sites is 1. The van der Waals surface area contributed by atoms with Gasteiger partial charge in [-0.1, -0.05) is 48.5 Å². The highest BCUT2D eigenvalue weighted by Gasteiger charge is 2.33. The van der Waals surface area contributed by atoms with Crippen LogP contribution in [0.25, 0.3) is 10.9 Å². The summed E-state index contributed by atoms with van der Waals surface area (Å²) in [6.07, 6.45) is 2.15. The van der Waals surface area contributed by atoms with Gasteiger partial charge in [-0.2, -0.15) is 0 Å². The number of nitrogens with one attached hydrogen (secondary N) is 1. The first-order valence-electron chi connectivity index (χ1n) is 13.2. The second-order valence-corrected chi connectivity index (χ2v) is 10.1. The highest BCUT2D eigenvalue weighted by atomic mass is 16.5. The first-order chi connectivity index (χ1) is 18.2. The maximum Gasteiger partial charge on any atom is 0.253 e. The Morgan fingerprint density at radius 3 is 2.70 bits per heavy atom. The molecule has 192 valence electrons. The minimum absolute atomic E-state index is 0.0924. The summed E-state index contributed by atoms with van der Waals surface area (Å²) in [4.78, 5) is 21.5. The Morgan fingerprint density at radius 1 is 1.08 bits per heavy atom. The van der Waals surface area contributed by atoms with E-state index in [-0.39, 0.29) is 17.7 Å². The van der Waals surface area contributed by atoms with E-state index in [2.05, 4.69) is 60.6 Å². The van der Waals surface area contributed by atoms with E-state index in [0.29, 0.717) is 17.9 Å². The lowest BCUT2D eigenvalue weighted by molar-refractivity contribution is 0.0840. The summed E-state index contributed by atoms with van der Waals surface area (Å²) >= 11 is 0. The molecule has 2 unspecified atom stereocenters. The third-order valence-electron chi connectivity index (χ3n) is 7.64. The quantitative estimate of drug-likeness (QED) is 0.418. The van der Waals surface area contributed by atoms with Gasteiger partial charge in [-0.3, -0.25) is 14.6 Å². The average Bonchev–Trinajstić information content (AvgIpc) is 3.60. The molecule has 2 atom stereocenters. The number of ether oxygens (including phenoxy) is 1. The van der Waals surface area contributed by atoms with Crippen LogP contribution in [0, 0.1) is 6.92 Å². The number of aromatic amines is 1. The van der Waals surface area contributed by atoms with Crippen LogP contribution in [0.2, 0.25) is 0 Å². The van der Waals surface area contributed by atoms with Crippen LogP contribution in [0.4, 0.5) is 0 Å². The van der Waals surface area contributed by atoms with Gasteiger partial charge in [0.1, 0.15) is 6.04 Å². The predicted octanol–water partition coefficient (Wildman–Crippen LogP) is 2.91. The molecule has 0 aliphatic carbocycles. The lowest BCUT2D eigenvalue weighted by Crippen LogP contribution is -2.48. The Balaban J connectivity index is 1.33. The minimum atomic E-state index is -0.344. The van der Waals surface area contributed by atoms with Crippen LogP contribution in [0.3, 0.4) is 0 Å². The molecule has 4 heterocycles. The molecule has 0 amide bonds. The zero-order chi connectivity index (χ0) is 25.2. The van der Waals surface area contributed by atoms with Crippen molar-refractivity contribution in [1.82, 2.24) is 35.0 Å². The fourth-order valence-electron chi connectivity index (χ4n) is 5.64. The van der Waals surface area contributed by atoms with E-state index in [9.17, 15) is 4.79 Å². The number of pyridine rings is 1. The van der Waals surface area contributed by atoms with Crippen molar-refractivity contribution in [2.24, 2.45) is 0 Å². The largest absolute Gasteiger partial charge is 0.376 e. The summed E-state index contributed by atoms with van der Waals surface area (Å²) in [6, 6.07) is 18.3. The van der Waals surface area contributed by atoms with Crippen molar-refractivity contribution in [1.29, 1.82) is 0 Å². The summed E-state index contributed by atoms with van der Waals surface area (Å²) in [5, 5.41) is 13.9. The van der Waals surface area contributed by atoms with Crippen molar-refractivity contribution in [3.63, 3.8) is 0 Å². The molecule has 2 aromatic heterocycles. The molecular weight excluding hydrogens is 466 g/mol. The third-order valence-corrected chi connectivity index (χ3v) is 7.64. The summed E-state index contributed by atoms with van der Waals surface area (Å²) in [7, 11) is 0. The average molecular weight is 500 g/mol. The lowest BCUT2D eigenvalue weighted by Gasteiger charge is -2.38. The molecule has 0 saturated carbocycles. The van der Waals surface area contributed by atoms with E-state index in [0.717, 1.165) is 68.6 Å². The normalized spacial score (nSPS) is 20.0. The number of hydrogen-bond acceptors (Lipinski definition) is 7. The van der Waals surface area contributed by atoms with Gasteiger partial charge in [0.2, 0.25) is 0 Å². The number of aryl methyl sites for hydroxylation is 1. The summed E-state index contributed by atoms with van der Waals surface area (Å²) in [5.41, 5.74) is 3.83. The smallest absolute Gasteiger partial charge is 0.253 e. The molecule has 0 spiro atoms. The van der Waals surface area contributed by atoms with Crippen LogP contribution < -0.4 is 5.56 Å². The Bertz CT molecular complexity index is 1400. The number of H-pyrrole nitrogens is 1. The van der Waals surface area contributed by atoms with E-state index in [1.165, 1.54) is 5.56 Å². The van der Waals surface area contributed by atoms with Gasteiger partial charge in [0.25, 0.3) is 5.56 Å². The molecular formula is C28H33N7O2. The van der Waals surface area contributed by atoms with Gasteiger partial charge < -0.3 is 9.72 Å². The fraction of sp³-hybridized carbons (Fsp3) is 0.429. The Labute approximate surface area is 216 Å². The van der Waals surface area contributed by atoms with Crippen LogP contribution in [0.1, 0.15) is 41.4 Å². The van der Waals surface area contributed by atoms with Gasteiger partial charge >= 0.3 is 0 Å². The molecule has 4 aromatic rings. The zero-order valence-electron chi connectivity index (χ0n) is 21.2. The second-order valence-electron chi connectivity index (χ2n) is 10.1. The summed E-state index contributed by atoms with van der Waals surface area (Å²) in [6.45, 7) is 7.75. The molecule has 0 bridgehead atoms. The number of hydrogen-bond donors (Lipinski definition) is 1. The molecule has 2 aliphatic heterocycles. The summed E-state index contributed by atoms with van der Waals surface area (Å²) < 4.78 is 7.72. The van der Waals surface area contributed by atoms with Crippen molar-refractivity contribution in [2.45, 2.75) is 45.0 Å². The number of tetrazole rings is 1. The standard InChI is InChI=1S/C28H33N7O2/c1-20-7-5-10-22-17-24(28(36)29-25(20)22)26(27-30-31-32-35(27)19-23-11-6-16-37-23)34-14-12-33(13-15-34)18-21-8-3-2-4-9-21/h2-5,7-10,17,23,26H,6,11-16,18-19H2,1H3,(H,29,36). The number of piperazine rings is 1. The van der Waals surface area contributed by atoms with E-state index in [4.69, 9.17) is 4.74 Å². The predicted molar refractivity (Wildman–Crippen MR) is 141 cm³/mol. The number of fused-ring (bicyclic) bond motifs is 1. The van der Waals surface area contributed by atoms with Gasteiger partial charge in [0.05, 0.1) is 18.2 Å². The van der Waals surface area contributed by atoms with Crippen LogP contribution in [-0.4, -0.2) is 73.9 Å². The highest BCUT2D eigenvalue weighted by Crippen LogP contribution is 2.29. The van der Waals surface area contributed by atoms with Gasteiger partial charge in [-0.05, 0) is 52.8 Å². The first kappa shape index (κ1) is 24.0. The number of aromatic nitrogens is 5. The SMILES string of the molecule is Cc1cccc2cc(C(c3nnnn3CC3CCCO3)N3CCN(Cc4ccccc4)CC3)c(=O)[nH]c12. The minimum Gasteiger partial charge on any atom is -0.376 e. The van der Waals surface area contributed by atoms with Crippen molar-refractivity contribution in [3.05, 3.63) is 87.5 Å². The number of nitrogens with zero attached hydrogens (tertiary/aromatic N) is 6. The van der Waals surface area contributed by atoms with Crippen molar-refractivity contribution < 1.29 is 4.74 Å². The molecule has 6 rings (SSSR count). The Morgan fingerprint density at radius 2 is 1.92 bits per heavy atom. The maximum absolute atomic E-state index is 13.5. The Hall–Kier alpha value is -3.40. The third kappa shape index (κ3) is 5.07. The van der Waals surface area contributed by atoms with Crippen LogP contribution in [0.5, 0.6) is 0 Å². The lowest BCUT2D eigenvalue weighted by atomic mass is 10.0. The molecule has 0 radical (unpaired) electrons. The molecule has 2 saturated heterocycles. The second kappa shape index (κ2) is 10.5. The van der Waals surface area contributed by atoms with E-state index < -0.39 is 0 Å². The van der Waals surface area contributed by atoms with Gasteiger partial charge in [0, 0.05) is 44.9 Å².